The molecule has 3 rings (SSSR count). The smallest absolute Gasteiger partial charge is 0.245 e. The molecular formula is C14H17N3O2S. The summed E-state index contributed by atoms with van der Waals surface area (Å²) in [6, 6.07) is 10.3. The maximum Gasteiger partial charge on any atom is 0.245 e. The van der Waals surface area contributed by atoms with Gasteiger partial charge in [-0.25, -0.2) is 8.42 Å². The molecule has 1 atom stereocenters. The zero-order chi connectivity index (χ0) is 14.2. The summed E-state index contributed by atoms with van der Waals surface area (Å²) in [4.78, 5) is 3.30. The highest BCUT2D eigenvalue weighted by Crippen LogP contribution is 2.36. The lowest BCUT2D eigenvalue weighted by Crippen LogP contribution is -2.31. The maximum atomic E-state index is 12.8. The van der Waals surface area contributed by atoms with Crippen molar-refractivity contribution in [1.82, 2.24) is 9.29 Å². The Bertz CT molecular complexity index is 695. The molecule has 1 aliphatic heterocycles. The number of sulfonamides is 1. The highest BCUT2D eigenvalue weighted by Gasteiger charge is 2.37. The number of nitrogen functional groups attached to an aromatic ring is 1. The Hall–Kier alpha value is -1.79. The second-order valence-corrected chi connectivity index (χ2v) is 6.80. The van der Waals surface area contributed by atoms with Crippen LogP contribution in [0.5, 0.6) is 0 Å². The zero-order valence-electron chi connectivity index (χ0n) is 11.0. The molecule has 1 unspecified atom stereocenters. The minimum absolute atomic E-state index is 0.130. The topological polar surface area (TPSA) is 79.2 Å². The number of benzene rings is 1. The number of nitrogens with two attached hydrogens (primary N) is 1. The molecule has 0 radical (unpaired) electrons. The molecule has 2 aromatic rings. The summed E-state index contributed by atoms with van der Waals surface area (Å²) in [5.41, 5.74) is 7.05. The Morgan fingerprint density at radius 1 is 1.20 bits per heavy atom. The molecule has 106 valence electrons. The molecule has 1 aliphatic rings. The van der Waals surface area contributed by atoms with E-state index in [1.165, 1.54) is 0 Å². The van der Waals surface area contributed by atoms with Gasteiger partial charge < -0.3 is 10.7 Å². The fourth-order valence-corrected chi connectivity index (χ4v) is 4.52. The van der Waals surface area contributed by atoms with Crippen LogP contribution in [0.3, 0.4) is 0 Å². The third kappa shape index (κ3) is 2.10. The van der Waals surface area contributed by atoms with E-state index in [4.69, 9.17) is 5.73 Å². The van der Waals surface area contributed by atoms with E-state index in [0.29, 0.717) is 12.2 Å². The van der Waals surface area contributed by atoms with Crippen molar-refractivity contribution in [3.05, 3.63) is 48.3 Å². The fraction of sp³-hybridized carbons (Fsp3) is 0.286. The Morgan fingerprint density at radius 3 is 2.70 bits per heavy atom. The largest absolute Gasteiger partial charge is 0.398 e. The number of hydrogen-bond donors (Lipinski definition) is 2. The molecule has 0 bridgehead atoms. The minimum atomic E-state index is -3.56. The van der Waals surface area contributed by atoms with Crippen LogP contribution in [0.15, 0.2) is 47.5 Å². The van der Waals surface area contributed by atoms with Gasteiger partial charge in [-0.3, -0.25) is 0 Å². The number of para-hydroxylation sites is 1. The summed E-state index contributed by atoms with van der Waals surface area (Å²) in [6.45, 7) is 0.528. The maximum absolute atomic E-state index is 12.8. The summed E-state index contributed by atoms with van der Waals surface area (Å²) in [7, 11) is -3.56. The number of H-pyrrole nitrogens is 1. The molecule has 0 saturated carbocycles. The van der Waals surface area contributed by atoms with Crippen LogP contribution in [-0.2, 0) is 10.0 Å². The van der Waals surface area contributed by atoms with Crippen LogP contribution >= 0.6 is 0 Å². The van der Waals surface area contributed by atoms with Gasteiger partial charge in [-0.2, -0.15) is 4.31 Å². The van der Waals surface area contributed by atoms with Crippen molar-refractivity contribution in [2.45, 2.75) is 23.8 Å². The SMILES string of the molecule is Nc1ccccc1S(=O)(=O)N1CCCC1c1ccc[nH]1. The van der Waals surface area contributed by atoms with E-state index < -0.39 is 10.0 Å². The van der Waals surface area contributed by atoms with Crippen molar-refractivity contribution in [2.24, 2.45) is 0 Å². The molecular weight excluding hydrogens is 274 g/mol. The second kappa shape index (κ2) is 4.96. The van der Waals surface area contributed by atoms with Crippen molar-refractivity contribution in [3.63, 3.8) is 0 Å². The minimum Gasteiger partial charge on any atom is -0.398 e. The normalized spacial score (nSPS) is 20.3. The summed E-state index contributed by atoms with van der Waals surface area (Å²) in [5.74, 6) is 0. The van der Waals surface area contributed by atoms with Crippen molar-refractivity contribution in [1.29, 1.82) is 0 Å². The van der Waals surface area contributed by atoms with Gasteiger partial charge in [0.1, 0.15) is 4.90 Å². The number of aromatic amines is 1. The number of rotatable bonds is 3. The first-order valence-corrected chi connectivity index (χ1v) is 8.04. The van der Waals surface area contributed by atoms with Crippen molar-refractivity contribution in [3.8, 4) is 0 Å². The molecule has 1 aromatic heterocycles. The lowest BCUT2D eigenvalue weighted by Gasteiger charge is -2.24. The Labute approximate surface area is 118 Å². The summed E-state index contributed by atoms with van der Waals surface area (Å²) < 4.78 is 27.1. The van der Waals surface area contributed by atoms with Gasteiger partial charge in [-0.15, -0.1) is 0 Å². The van der Waals surface area contributed by atoms with Gasteiger partial charge in [0.05, 0.1) is 11.7 Å². The van der Waals surface area contributed by atoms with E-state index in [0.717, 1.165) is 18.5 Å². The first-order valence-electron chi connectivity index (χ1n) is 6.60. The predicted octanol–water partition coefficient (Wildman–Crippen LogP) is 2.12. The molecule has 1 aromatic carbocycles. The quantitative estimate of drug-likeness (QED) is 0.850. The van der Waals surface area contributed by atoms with Gasteiger partial charge in [0.15, 0.2) is 0 Å². The first kappa shape index (κ1) is 13.2. The summed E-state index contributed by atoms with van der Waals surface area (Å²) in [5, 5.41) is 0. The van der Waals surface area contributed by atoms with Gasteiger partial charge in [-0.05, 0) is 37.1 Å². The standard InChI is InChI=1S/C14H17N3O2S/c15-11-5-1-2-8-14(11)20(18,19)17-10-4-7-13(17)12-6-3-9-16-12/h1-3,5-6,8-9,13,16H,4,7,10,15H2. The lowest BCUT2D eigenvalue weighted by molar-refractivity contribution is 0.392. The van der Waals surface area contributed by atoms with Gasteiger partial charge in [0.2, 0.25) is 10.0 Å². The van der Waals surface area contributed by atoms with E-state index in [9.17, 15) is 8.42 Å². The van der Waals surface area contributed by atoms with Gasteiger partial charge in [0.25, 0.3) is 0 Å². The highest BCUT2D eigenvalue weighted by molar-refractivity contribution is 7.89. The van der Waals surface area contributed by atoms with E-state index in [-0.39, 0.29) is 10.9 Å². The molecule has 0 spiro atoms. The van der Waals surface area contributed by atoms with Crippen molar-refractivity contribution >= 4 is 15.7 Å². The van der Waals surface area contributed by atoms with Crippen LogP contribution in [0.25, 0.3) is 0 Å². The summed E-state index contributed by atoms with van der Waals surface area (Å²) in [6.07, 6.45) is 3.50. The Balaban J connectivity index is 2.01. The number of nitrogens with zero attached hydrogens (tertiary/aromatic N) is 1. The number of hydrogen-bond acceptors (Lipinski definition) is 3. The van der Waals surface area contributed by atoms with Crippen LogP contribution in [0.4, 0.5) is 5.69 Å². The molecule has 3 N–H and O–H groups in total. The van der Waals surface area contributed by atoms with E-state index >= 15 is 0 Å². The third-order valence-electron chi connectivity index (χ3n) is 3.69. The molecule has 2 heterocycles. The molecule has 1 saturated heterocycles. The summed E-state index contributed by atoms with van der Waals surface area (Å²) >= 11 is 0. The lowest BCUT2D eigenvalue weighted by atomic mass is 10.2. The average molecular weight is 291 g/mol. The molecule has 1 fully saturated rings. The number of aromatic nitrogens is 1. The van der Waals surface area contributed by atoms with Gasteiger partial charge in [-0.1, -0.05) is 12.1 Å². The molecule has 0 aliphatic carbocycles. The molecule has 5 nitrogen and oxygen atoms in total. The monoisotopic (exact) mass is 291 g/mol. The zero-order valence-corrected chi connectivity index (χ0v) is 11.8. The predicted molar refractivity (Wildman–Crippen MR) is 77.5 cm³/mol. The molecule has 20 heavy (non-hydrogen) atoms. The molecule has 0 amide bonds. The van der Waals surface area contributed by atoms with E-state index in [1.54, 1.807) is 28.6 Å². The Morgan fingerprint density at radius 2 is 2.00 bits per heavy atom. The van der Waals surface area contributed by atoms with E-state index in [2.05, 4.69) is 4.98 Å². The fourth-order valence-electron chi connectivity index (χ4n) is 2.73. The van der Waals surface area contributed by atoms with Crippen molar-refractivity contribution < 1.29 is 8.42 Å². The van der Waals surface area contributed by atoms with Crippen LogP contribution in [-0.4, -0.2) is 24.3 Å². The number of nitrogens with one attached hydrogen (secondary N) is 1. The number of anilines is 1. The van der Waals surface area contributed by atoms with E-state index in [1.807, 2.05) is 18.3 Å². The first-order chi connectivity index (χ1) is 9.60. The van der Waals surface area contributed by atoms with Crippen LogP contribution in [0.2, 0.25) is 0 Å². The van der Waals surface area contributed by atoms with Crippen LogP contribution in [0.1, 0.15) is 24.6 Å². The molecule has 6 heteroatoms. The van der Waals surface area contributed by atoms with Crippen molar-refractivity contribution in [2.75, 3.05) is 12.3 Å². The second-order valence-electron chi connectivity index (χ2n) is 4.94. The van der Waals surface area contributed by atoms with Gasteiger partial charge >= 0.3 is 0 Å². The van der Waals surface area contributed by atoms with Gasteiger partial charge in [0, 0.05) is 18.4 Å². The average Bonchev–Trinajstić information content (AvgIpc) is 3.10. The Kier molecular flexibility index (Phi) is 3.27. The van der Waals surface area contributed by atoms with Crippen LogP contribution in [0, 0.1) is 0 Å². The van der Waals surface area contributed by atoms with Crippen LogP contribution < -0.4 is 5.73 Å². The third-order valence-corrected chi connectivity index (χ3v) is 5.67. The highest BCUT2D eigenvalue weighted by atomic mass is 32.2.